The molecule has 0 atom stereocenters. The van der Waals surface area contributed by atoms with E-state index in [0.717, 1.165) is 23.3 Å². The summed E-state index contributed by atoms with van der Waals surface area (Å²) in [6.07, 6.45) is 2.58. The van der Waals surface area contributed by atoms with Crippen molar-refractivity contribution in [3.8, 4) is 23.0 Å². The maximum absolute atomic E-state index is 15.5. The quantitative estimate of drug-likeness (QED) is 0.193. The highest BCUT2D eigenvalue weighted by atomic mass is 19.1. The van der Waals surface area contributed by atoms with Gasteiger partial charge in [0.05, 0.1) is 19.5 Å². The minimum atomic E-state index is -1.22. The van der Waals surface area contributed by atoms with Crippen LogP contribution in [0.25, 0.3) is 22.4 Å². The van der Waals surface area contributed by atoms with Crippen LogP contribution in [-0.2, 0) is 19.6 Å². The van der Waals surface area contributed by atoms with Crippen LogP contribution in [0.2, 0.25) is 0 Å². The molecule has 1 aliphatic carbocycles. The van der Waals surface area contributed by atoms with Crippen LogP contribution in [0.15, 0.2) is 54.7 Å². The second-order valence-electron chi connectivity index (χ2n) is 11.0. The van der Waals surface area contributed by atoms with Crippen LogP contribution < -0.4 is 9.47 Å². The Hall–Kier alpha value is -5.00. The van der Waals surface area contributed by atoms with E-state index in [1.54, 1.807) is 11.7 Å². The molecule has 0 saturated heterocycles. The molecule has 1 saturated carbocycles. The number of halogens is 3. The highest BCUT2D eigenvalue weighted by Crippen LogP contribution is 2.48. The van der Waals surface area contributed by atoms with Gasteiger partial charge in [0.15, 0.2) is 11.3 Å². The van der Waals surface area contributed by atoms with Gasteiger partial charge in [0.1, 0.15) is 35.3 Å². The largest absolute Gasteiger partial charge is 0.496 e. The summed E-state index contributed by atoms with van der Waals surface area (Å²) in [5.41, 5.74) is 1.71. The molecule has 0 bridgehead atoms. The summed E-state index contributed by atoms with van der Waals surface area (Å²) in [4.78, 5) is 28.6. The Balaban J connectivity index is 1.28. The third kappa shape index (κ3) is 5.79. The molecule has 0 spiro atoms. The van der Waals surface area contributed by atoms with Gasteiger partial charge in [-0.05, 0) is 67.3 Å². The lowest BCUT2D eigenvalue weighted by Gasteiger charge is -2.15. The fourth-order valence-corrected chi connectivity index (χ4v) is 5.08. The van der Waals surface area contributed by atoms with E-state index in [4.69, 9.17) is 9.47 Å². The monoisotopic (exact) mass is 603 g/mol. The zero-order chi connectivity index (χ0) is 31.0. The smallest absolute Gasteiger partial charge is 0.354 e. The third-order valence-electron chi connectivity index (χ3n) is 7.82. The van der Waals surface area contributed by atoms with Gasteiger partial charge in [-0.25, -0.2) is 28.5 Å². The molecular weight excluding hydrogens is 575 g/mol. The number of nitrogens with zero attached hydrogens (tertiary/aromatic N) is 5. The molecular formula is C32H28F3N5O4. The van der Waals surface area contributed by atoms with Gasteiger partial charge < -0.3 is 19.1 Å². The van der Waals surface area contributed by atoms with Crippen molar-refractivity contribution < 1.29 is 32.5 Å². The van der Waals surface area contributed by atoms with Crippen molar-refractivity contribution in [1.82, 2.24) is 24.5 Å². The number of benzene rings is 2. The standard InChI is InChI=1S/C32H28F3N5O4/c1-18-3-4-19(27(11-18)43-2)15-44-31-36-10-7-24(39-31)21-14-22(34)20(12-23(21)35)13-28-37-25-5-6-26(30(41)42)38-29(25)40(28)17-32(16-33)8-9-32/h3-7,10-12,14H,8-9,13,15-17H2,1-2H3,(H,41,42). The fraction of sp³-hybridized carbons (Fsp3) is 0.281. The van der Waals surface area contributed by atoms with Crippen LogP contribution in [-0.4, -0.2) is 49.4 Å². The molecule has 0 radical (unpaired) electrons. The number of rotatable bonds is 11. The van der Waals surface area contributed by atoms with Crippen molar-refractivity contribution in [2.45, 2.75) is 39.3 Å². The van der Waals surface area contributed by atoms with Gasteiger partial charge >= 0.3 is 12.0 Å². The molecule has 0 amide bonds. The number of imidazole rings is 1. The number of aryl methyl sites for hydroxylation is 1. The van der Waals surface area contributed by atoms with E-state index in [0.29, 0.717) is 29.9 Å². The minimum absolute atomic E-state index is 0.0159. The third-order valence-corrected chi connectivity index (χ3v) is 7.82. The van der Waals surface area contributed by atoms with E-state index in [1.807, 2.05) is 25.1 Å². The minimum Gasteiger partial charge on any atom is -0.496 e. The topological polar surface area (TPSA) is 112 Å². The number of hydrogen-bond donors (Lipinski definition) is 1. The van der Waals surface area contributed by atoms with Crippen molar-refractivity contribution in [2.24, 2.45) is 5.41 Å². The van der Waals surface area contributed by atoms with Gasteiger partial charge in [-0.2, -0.15) is 4.98 Å². The lowest BCUT2D eigenvalue weighted by atomic mass is 10.0. The van der Waals surface area contributed by atoms with Crippen LogP contribution in [0.1, 0.15) is 45.8 Å². The van der Waals surface area contributed by atoms with Crippen molar-refractivity contribution in [3.05, 3.63) is 94.6 Å². The number of hydrogen-bond acceptors (Lipinski definition) is 7. The number of ether oxygens (including phenoxy) is 2. The van der Waals surface area contributed by atoms with Gasteiger partial charge in [-0.1, -0.05) is 12.1 Å². The van der Waals surface area contributed by atoms with E-state index in [-0.39, 0.29) is 53.7 Å². The average molecular weight is 604 g/mol. The maximum Gasteiger partial charge on any atom is 0.354 e. The van der Waals surface area contributed by atoms with Crippen LogP contribution in [0.3, 0.4) is 0 Å². The number of aromatic carboxylic acids is 1. The fourth-order valence-electron chi connectivity index (χ4n) is 5.08. The number of carboxylic acid groups (broad SMARTS) is 1. The maximum atomic E-state index is 15.5. The second-order valence-corrected chi connectivity index (χ2v) is 11.0. The molecule has 9 nitrogen and oxygen atoms in total. The first-order valence-electron chi connectivity index (χ1n) is 13.9. The molecule has 1 fully saturated rings. The number of methoxy groups -OCH3 is 1. The zero-order valence-corrected chi connectivity index (χ0v) is 24.0. The summed E-state index contributed by atoms with van der Waals surface area (Å²) in [7, 11) is 1.56. The Labute approximate surface area is 250 Å². The van der Waals surface area contributed by atoms with Crippen molar-refractivity contribution in [3.63, 3.8) is 0 Å². The van der Waals surface area contributed by atoms with Gasteiger partial charge in [-0.15, -0.1) is 0 Å². The van der Waals surface area contributed by atoms with Crippen molar-refractivity contribution >= 4 is 17.1 Å². The summed E-state index contributed by atoms with van der Waals surface area (Å²) in [5, 5.41) is 9.42. The molecule has 1 N–H and O–H groups in total. The summed E-state index contributed by atoms with van der Waals surface area (Å²) >= 11 is 0. The number of aromatic nitrogens is 5. The SMILES string of the molecule is COc1cc(C)ccc1COc1nccc(-c2cc(F)c(Cc3nc4ccc(C(=O)O)nc4n3CC3(CF)CC3)cc2F)n1. The van der Waals surface area contributed by atoms with Gasteiger partial charge in [0.25, 0.3) is 0 Å². The predicted octanol–water partition coefficient (Wildman–Crippen LogP) is 6.10. The molecule has 6 rings (SSSR count). The summed E-state index contributed by atoms with van der Waals surface area (Å²) in [6.45, 7) is 1.69. The van der Waals surface area contributed by atoms with E-state index in [9.17, 15) is 14.3 Å². The average Bonchev–Trinajstić information content (AvgIpc) is 3.72. The van der Waals surface area contributed by atoms with Crippen LogP contribution in [0, 0.1) is 24.0 Å². The number of carboxylic acids is 1. The Bertz CT molecular complexity index is 1890. The highest BCUT2D eigenvalue weighted by molar-refractivity contribution is 5.88. The first-order valence-corrected chi connectivity index (χ1v) is 13.9. The molecule has 1 aliphatic rings. The first kappa shape index (κ1) is 29.1. The molecule has 3 aromatic heterocycles. The Morgan fingerprint density at radius 1 is 1.02 bits per heavy atom. The number of fused-ring (bicyclic) bond motifs is 1. The number of pyridine rings is 1. The van der Waals surface area contributed by atoms with E-state index >= 15 is 8.78 Å². The lowest BCUT2D eigenvalue weighted by molar-refractivity contribution is 0.0690. The summed E-state index contributed by atoms with van der Waals surface area (Å²) in [5.74, 6) is -1.66. The van der Waals surface area contributed by atoms with Gasteiger partial charge in [-0.3, -0.25) is 4.39 Å². The van der Waals surface area contributed by atoms with Gasteiger partial charge in [0.2, 0.25) is 0 Å². The first-order chi connectivity index (χ1) is 21.2. The second kappa shape index (κ2) is 11.6. The zero-order valence-electron chi connectivity index (χ0n) is 24.0. The molecule has 2 aromatic carbocycles. The van der Waals surface area contributed by atoms with Crippen LogP contribution in [0.4, 0.5) is 13.2 Å². The molecule has 12 heteroatoms. The molecule has 0 aliphatic heterocycles. The van der Waals surface area contributed by atoms with E-state index in [1.165, 1.54) is 24.4 Å². The van der Waals surface area contributed by atoms with Crippen molar-refractivity contribution in [1.29, 1.82) is 0 Å². The van der Waals surface area contributed by atoms with E-state index in [2.05, 4.69) is 19.9 Å². The number of alkyl halides is 1. The summed E-state index contributed by atoms with van der Waals surface area (Å²) < 4.78 is 57.6. The molecule has 5 aromatic rings. The van der Waals surface area contributed by atoms with Crippen LogP contribution in [0.5, 0.6) is 11.8 Å². The molecule has 44 heavy (non-hydrogen) atoms. The molecule has 0 unspecified atom stereocenters. The predicted molar refractivity (Wildman–Crippen MR) is 154 cm³/mol. The molecule has 3 heterocycles. The van der Waals surface area contributed by atoms with E-state index < -0.39 is 29.7 Å². The van der Waals surface area contributed by atoms with Crippen molar-refractivity contribution in [2.75, 3.05) is 13.8 Å². The normalized spacial score (nSPS) is 13.7. The Morgan fingerprint density at radius 2 is 1.84 bits per heavy atom. The lowest BCUT2D eigenvalue weighted by Crippen LogP contribution is -2.17. The van der Waals surface area contributed by atoms with Gasteiger partial charge in [0, 0.05) is 35.7 Å². The van der Waals surface area contributed by atoms with Crippen LogP contribution >= 0.6 is 0 Å². The Kier molecular flexibility index (Phi) is 7.66. The highest BCUT2D eigenvalue weighted by Gasteiger charge is 2.44. The molecule has 226 valence electrons. The number of carbonyl (C=O) groups is 1. The summed E-state index contributed by atoms with van der Waals surface area (Å²) in [6, 6.07) is 12.0. The Morgan fingerprint density at radius 3 is 2.57 bits per heavy atom.